The number of piperazine rings is 1. The van der Waals surface area contributed by atoms with Crippen LogP contribution in [0.25, 0.3) is 10.9 Å². The molecular formula is C21H22N4O4S. The van der Waals surface area contributed by atoms with Gasteiger partial charge in [0.1, 0.15) is 0 Å². The smallest absolute Gasteiger partial charge is 0.328 e. The van der Waals surface area contributed by atoms with Gasteiger partial charge in [-0.05, 0) is 31.2 Å². The molecule has 2 amide bonds. The van der Waals surface area contributed by atoms with Crippen molar-refractivity contribution in [1.82, 2.24) is 19.4 Å². The van der Waals surface area contributed by atoms with Crippen LogP contribution in [-0.2, 0) is 11.3 Å². The van der Waals surface area contributed by atoms with Gasteiger partial charge in [-0.2, -0.15) is 0 Å². The van der Waals surface area contributed by atoms with E-state index in [0.717, 1.165) is 9.75 Å². The zero-order chi connectivity index (χ0) is 21.3. The van der Waals surface area contributed by atoms with Crippen molar-refractivity contribution < 1.29 is 9.59 Å². The van der Waals surface area contributed by atoms with Crippen molar-refractivity contribution >= 4 is 34.1 Å². The first-order valence-electron chi connectivity index (χ1n) is 9.79. The van der Waals surface area contributed by atoms with Gasteiger partial charge < -0.3 is 9.80 Å². The summed E-state index contributed by atoms with van der Waals surface area (Å²) < 4.78 is 1.42. The number of carbonyl (C=O) groups excluding carboxylic acids is 2. The lowest BCUT2D eigenvalue weighted by molar-refractivity contribution is -0.132. The second kappa shape index (κ2) is 8.27. The molecule has 3 heterocycles. The molecule has 0 bridgehead atoms. The zero-order valence-corrected chi connectivity index (χ0v) is 17.4. The van der Waals surface area contributed by atoms with Crippen molar-refractivity contribution in [3.05, 3.63) is 67.0 Å². The molecule has 1 aliphatic rings. The van der Waals surface area contributed by atoms with Gasteiger partial charge >= 0.3 is 5.69 Å². The van der Waals surface area contributed by atoms with E-state index in [1.165, 1.54) is 15.9 Å². The number of thiophene rings is 1. The van der Waals surface area contributed by atoms with Crippen LogP contribution in [0.15, 0.2) is 46.0 Å². The van der Waals surface area contributed by atoms with Crippen LogP contribution in [0.3, 0.4) is 0 Å². The SMILES string of the molecule is Cc1ccc(C(=O)N2CCN(C(=O)CCn3c(=O)[nH]c(=O)c4ccccc43)CC2)s1. The van der Waals surface area contributed by atoms with Gasteiger partial charge in [0.05, 0.1) is 15.8 Å². The molecule has 9 heteroatoms. The highest BCUT2D eigenvalue weighted by Gasteiger charge is 2.25. The van der Waals surface area contributed by atoms with Crippen molar-refractivity contribution in [3.63, 3.8) is 0 Å². The van der Waals surface area contributed by atoms with Crippen LogP contribution < -0.4 is 11.2 Å². The Kier molecular flexibility index (Phi) is 5.54. The summed E-state index contributed by atoms with van der Waals surface area (Å²) in [6.45, 7) is 4.07. The Hall–Kier alpha value is -3.20. The molecule has 2 aromatic heterocycles. The third kappa shape index (κ3) is 3.93. The van der Waals surface area contributed by atoms with Crippen LogP contribution in [-0.4, -0.2) is 57.3 Å². The van der Waals surface area contributed by atoms with Gasteiger partial charge in [0.25, 0.3) is 11.5 Å². The van der Waals surface area contributed by atoms with Gasteiger partial charge in [-0.15, -0.1) is 11.3 Å². The highest BCUT2D eigenvalue weighted by Crippen LogP contribution is 2.18. The number of benzene rings is 1. The summed E-state index contributed by atoms with van der Waals surface area (Å²) in [4.78, 5) is 57.0. The maximum atomic E-state index is 12.7. The fraction of sp³-hybridized carbons (Fsp3) is 0.333. The summed E-state index contributed by atoms with van der Waals surface area (Å²) in [5.41, 5.74) is -0.436. The Labute approximate surface area is 176 Å². The number of carbonyl (C=O) groups is 2. The Morgan fingerprint density at radius 1 is 1.00 bits per heavy atom. The Morgan fingerprint density at radius 2 is 1.70 bits per heavy atom. The summed E-state index contributed by atoms with van der Waals surface area (Å²) in [7, 11) is 0. The number of para-hydroxylation sites is 1. The largest absolute Gasteiger partial charge is 0.339 e. The fourth-order valence-corrected chi connectivity index (χ4v) is 4.53. The Morgan fingerprint density at radius 3 is 2.40 bits per heavy atom. The van der Waals surface area contributed by atoms with E-state index in [-0.39, 0.29) is 24.8 Å². The molecule has 0 unspecified atom stereocenters. The second-order valence-corrected chi connectivity index (χ2v) is 8.55. The van der Waals surface area contributed by atoms with E-state index >= 15 is 0 Å². The lowest BCUT2D eigenvalue weighted by Gasteiger charge is -2.34. The third-order valence-electron chi connectivity index (χ3n) is 5.33. The van der Waals surface area contributed by atoms with E-state index in [2.05, 4.69) is 4.98 Å². The molecule has 1 aliphatic heterocycles. The quantitative estimate of drug-likeness (QED) is 0.683. The molecular weight excluding hydrogens is 404 g/mol. The molecule has 0 saturated carbocycles. The first-order valence-corrected chi connectivity index (χ1v) is 10.6. The van der Waals surface area contributed by atoms with Crippen LogP contribution in [0.4, 0.5) is 0 Å². The molecule has 0 spiro atoms. The van der Waals surface area contributed by atoms with Gasteiger partial charge in [-0.1, -0.05) is 12.1 Å². The number of fused-ring (bicyclic) bond motifs is 1. The molecule has 8 nitrogen and oxygen atoms in total. The van der Waals surface area contributed by atoms with Crippen LogP contribution in [0.5, 0.6) is 0 Å². The average molecular weight is 426 g/mol. The molecule has 1 fully saturated rings. The number of H-pyrrole nitrogens is 1. The number of nitrogens with one attached hydrogen (secondary N) is 1. The third-order valence-corrected chi connectivity index (χ3v) is 6.31. The van der Waals surface area contributed by atoms with Crippen molar-refractivity contribution in [3.8, 4) is 0 Å². The van der Waals surface area contributed by atoms with Crippen LogP contribution in [0.2, 0.25) is 0 Å². The van der Waals surface area contributed by atoms with Crippen LogP contribution >= 0.6 is 11.3 Å². The monoisotopic (exact) mass is 426 g/mol. The van der Waals surface area contributed by atoms with Crippen molar-refractivity contribution in [1.29, 1.82) is 0 Å². The maximum Gasteiger partial charge on any atom is 0.328 e. The van der Waals surface area contributed by atoms with E-state index in [9.17, 15) is 19.2 Å². The number of amides is 2. The second-order valence-electron chi connectivity index (χ2n) is 7.26. The molecule has 0 atom stereocenters. The summed E-state index contributed by atoms with van der Waals surface area (Å²) >= 11 is 1.48. The summed E-state index contributed by atoms with van der Waals surface area (Å²) in [6, 6.07) is 10.6. The van der Waals surface area contributed by atoms with Gasteiger partial charge in [-0.25, -0.2) is 4.79 Å². The normalized spacial score (nSPS) is 14.3. The number of hydrogen-bond acceptors (Lipinski definition) is 5. The van der Waals surface area contributed by atoms with Gasteiger partial charge in [0.15, 0.2) is 0 Å². The molecule has 1 aromatic carbocycles. The van der Waals surface area contributed by atoms with Crippen molar-refractivity contribution in [2.75, 3.05) is 26.2 Å². The van der Waals surface area contributed by atoms with E-state index in [0.29, 0.717) is 37.1 Å². The highest BCUT2D eigenvalue weighted by atomic mass is 32.1. The van der Waals surface area contributed by atoms with Gasteiger partial charge in [-0.3, -0.25) is 23.9 Å². The lowest BCUT2D eigenvalue weighted by Crippen LogP contribution is -2.50. The molecule has 1 N–H and O–H groups in total. The van der Waals surface area contributed by atoms with E-state index in [1.54, 1.807) is 34.1 Å². The summed E-state index contributed by atoms with van der Waals surface area (Å²) in [5, 5.41) is 0.417. The van der Waals surface area contributed by atoms with Crippen LogP contribution in [0, 0.1) is 6.92 Å². The van der Waals surface area contributed by atoms with Gasteiger partial charge in [0, 0.05) is 44.0 Å². The number of aromatic nitrogens is 2. The minimum Gasteiger partial charge on any atom is -0.339 e. The summed E-state index contributed by atoms with van der Waals surface area (Å²) in [5.74, 6) is -0.0669. The predicted octanol–water partition coefficient (Wildman–Crippen LogP) is 1.43. The minimum absolute atomic E-state index is 0.00598. The summed E-state index contributed by atoms with van der Waals surface area (Å²) in [6.07, 6.45) is 0.147. The van der Waals surface area contributed by atoms with Crippen LogP contribution in [0.1, 0.15) is 21.0 Å². The number of nitrogens with zero attached hydrogens (tertiary/aromatic N) is 3. The molecule has 4 rings (SSSR count). The maximum absolute atomic E-state index is 12.7. The van der Waals surface area contributed by atoms with E-state index in [1.807, 2.05) is 19.1 Å². The lowest BCUT2D eigenvalue weighted by atomic mass is 10.2. The number of hydrogen-bond donors (Lipinski definition) is 1. The number of aromatic amines is 1. The predicted molar refractivity (Wildman–Crippen MR) is 115 cm³/mol. The first-order chi connectivity index (χ1) is 14.4. The number of rotatable bonds is 4. The van der Waals surface area contributed by atoms with E-state index < -0.39 is 11.2 Å². The highest BCUT2D eigenvalue weighted by molar-refractivity contribution is 7.13. The molecule has 0 radical (unpaired) electrons. The molecule has 156 valence electrons. The minimum atomic E-state index is -0.520. The Balaban J connectivity index is 1.38. The van der Waals surface area contributed by atoms with Gasteiger partial charge in [0.2, 0.25) is 5.91 Å². The standard InChI is InChI=1S/C21H22N4O4S/c1-14-6-7-17(30-14)20(28)24-12-10-23(11-13-24)18(26)8-9-25-16-5-3-2-4-15(16)19(27)22-21(25)29/h2-7H,8-13H2,1H3,(H,22,27,29). The molecule has 30 heavy (non-hydrogen) atoms. The first kappa shape index (κ1) is 20.1. The number of aryl methyl sites for hydroxylation is 2. The Bertz CT molecular complexity index is 1220. The average Bonchev–Trinajstić information content (AvgIpc) is 3.19. The fourth-order valence-electron chi connectivity index (χ4n) is 3.69. The zero-order valence-electron chi connectivity index (χ0n) is 16.6. The van der Waals surface area contributed by atoms with Crippen molar-refractivity contribution in [2.24, 2.45) is 0 Å². The van der Waals surface area contributed by atoms with E-state index in [4.69, 9.17) is 0 Å². The topological polar surface area (TPSA) is 95.5 Å². The molecule has 0 aliphatic carbocycles. The molecule has 3 aromatic rings. The molecule has 1 saturated heterocycles. The van der Waals surface area contributed by atoms with Crippen molar-refractivity contribution in [2.45, 2.75) is 19.9 Å².